The summed E-state index contributed by atoms with van der Waals surface area (Å²) < 4.78 is 40.3. The van der Waals surface area contributed by atoms with Crippen LogP contribution in [-0.2, 0) is 10.0 Å². The molecule has 2 amide bonds. The molecule has 1 aliphatic heterocycles. The Labute approximate surface area is 168 Å². The number of nitrogens with one attached hydrogen (secondary N) is 2. The topological polar surface area (TPSA) is 95.6 Å². The average Bonchev–Trinajstić information content (AvgIpc) is 2.73. The van der Waals surface area contributed by atoms with E-state index in [1.807, 2.05) is 0 Å². The van der Waals surface area contributed by atoms with Gasteiger partial charge in [-0.25, -0.2) is 12.8 Å². The number of halogens is 1. The number of piperidine rings is 1. The second-order valence-electron chi connectivity index (χ2n) is 6.86. The summed E-state index contributed by atoms with van der Waals surface area (Å²) in [4.78, 5) is 24.5. The Morgan fingerprint density at radius 2 is 1.45 bits per heavy atom. The molecule has 0 atom stereocenters. The molecular weight excluding hydrogens is 397 g/mol. The first-order valence-electron chi connectivity index (χ1n) is 9.26. The summed E-state index contributed by atoms with van der Waals surface area (Å²) in [5.41, 5.74) is 5.30. The first-order valence-corrected chi connectivity index (χ1v) is 10.7. The lowest BCUT2D eigenvalue weighted by molar-refractivity contribution is 0.0846. The highest BCUT2D eigenvalue weighted by molar-refractivity contribution is 7.89. The molecule has 29 heavy (non-hydrogen) atoms. The number of benzene rings is 2. The first-order chi connectivity index (χ1) is 13.8. The van der Waals surface area contributed by atoms with Gasteiger partial charge in [0.25, 0.3) is 11.8 Å². The lowest BCUT2D eigenvalue weighted by atomic mass is 10.1. The van der Waals surface area contributed by atoms with Crippen LogP contribution in [0.5, 0.6) is 0 Å². The summed E-state index contributed by atoms with van der Waals surface area (Å²) in [6.07, 6.45) is 2.63. The number of hydrogen-bond donors (Lipinski definition) is 2. The van der Waals surface area contributed by atoms with E-state index in [9.17, 15) is 22.4 Å². The van der Waals surface area contributed by atoms with Gasteiger partial charge in [-0.15, -0.1) is 0 Å². The molecule has 2 aromatic rings. The van der Waals surface area contributed by atoms with Gasteiger partial charge in [0.05, 0.1) is 4.90 Å². The van der Waals surface area contributed by atoms with E-state index in [2.05, 4.69) is 10.9 Å². The largest absolute Gasteiger partial charge is 0.269 e. The smallest absolute Gasteiger partial charge is 0.267 e. The van der Waals surface area contributed by atoms with Crippen LogP contribution in [0.25, 0.3) is 0 Å². The minimum absolute atomic E-state index is 0.0805. The van der Waals surface area contributed by atoms with Crippen molar-refractivity contribution in [1.29, 1.82) is 0 Å². The number of amides is 2. The summed E-state index contributed by atoms with van der Waals surface area (Å²) in [5.74, 6) is -1.75. The molecule has 1 aliphatic rings. The zero-order valence-electron chi connectivity index (χ0n) is 15.9. The predicted molar refractivity (Wildman–Crippen MR) is 105 cm³/mol. The monoisotopic (exact) mass is 419 g/mol. The Morgan fingerprint density at radius 1 is 0.897 bits per heavy atom. The van der Waals surface area contributed by atoms with Crippen molar-refractivity contribution in [3.8, 4) is 0 Å². The van der Waals surface area contributed by atoms with Gasteiger partial charge >= 0.3 is 0 Å². The Kier molecular flexibility index (Phi) is 6.29. The van der Waals surface area contributed by atoms with E-state index in [1.165, 1.54) is 28.6 Å². The third kappa shape index (κ3) is 4.80. The van der Waals surface area contributed by atoms with Crippen molar-refractivity contribution in [1.82, 2.24) is 15.2 Å². The van der Waals surface area contributed by atoms with Crippen molar-refractivity contribution in [3.05, 3.63) is 65.0 Å². The van der Waals surface area contributed by atoms with Crippen LogP contribution in [0.3, 0.4) is 0 Å². The molecule has 0 unspecified atom stereocenters. The second-order valence-corrected chi connectivity index (χ2v) is 8.77. The number of carbonyl (C=O) groups is 2. The highest BCUT2D eigenvalue weighted by Crippen LogP contribution is 2.24. The molecule has 0 saturated carbocycles. The second kappa shape index (κ2) is 8.71. The third-order valence-electron chi connectivity index (χ3n) is 4.78. The number of hydrogen-bond acceptors (Lipinski definition) is 4. The van der Waals surface area contributed by atoms with Crippen LogP contribution in [0.4, 0.5) is 4.39 Å². The fourth-order valence-electron chi connectivity index (χ4n) is 3.12. The number of hydrazine groups is 1. The van der Waals surface area contributed by atoms with Crippen LogP contribution in [0, 0.1) is 12.7 Å². The van der Waals surface area contributed by atoms with Gasteiger partial charge in [0, 0.05) is 24.2 Å². The van der Waals surface area contributed by atoms with E-state index >= 15 is 0 Å². The van der Waals surface area contributed by atoms with Crippen molar-refractivity contribution in [2.24, 2.45) is 0 Å². The highest BCUT2D eigenvalue weighted by Gasteiger charge is 2.28. The summed E-state index contributed by atoms with van der Waals surface area (Å²) in [6.45, 7) is 2.60. The molecule has 7 nitrogen and oxygen atoms in total. The van der Waals surface area contributed by atoms with Crippen LogP contribution in [0.1, 0.15) is 45.5 Å². The molecule has 1 fully saturated rings. The molecule has 0 aliphatic carbocycles. The summed E-state index contributed by atoms with van der Waals surface area (Å²) in [5, 5.41) is 0. The molecule has 2 N–H and O–H groups in total. The van der Waals surface area contributed by atoms with E-state index < -0.39 is 27.7 Å². The summed E-state index contributed by atoms with van der Waals surface area (Å²) in [7, 11) is -3.70. The van der Waals surface area contributed by atoms with Crippen molar-refractivity contribution < 1.29 is 22.4 Å². The van der Waals surface area contributed by atoms with Crippen LogP contribution in [-0.4, -0.2) is 37.6 Å². The van der Waals surface area contributed by atoms with E-state index in [4.69, 9.17) is 0 Å². The molecule has 0 bridgehead atoms. The number of nitrogens with zero attached hydrogens (tertiary/aromatic N) is 1. The molecule has 0 spiro atoms. The molecule has 0 radical (unpaired) electrons. The van der Waals surface area contributed by atoms with Crippen molar-refractivity contribution in [2.45, 2.75) is 31.1 Å². The molecule has 9 heteroatoms. The van der Waals surface area contributed by atoms with Crippen LogP contribution in [0.2, 0.25) is 0 Å². The zero-order chi connectivity index (χ0) is 21.0. The maximum atomic E-state index is 13.0. The van der Waals surface area contributed by atoms with Gasteiger partial charge in [-0.3, -0.25) is 20.4 Å². The van der Waals surface area contributed by atoms with E-state index in [1.54, 1.807) is 13.0 Å². The fraction of sp³-hybridized carbons (Fsp3) is 0.300. The van der Waals surface area contributed by atoms with Gasteiger partial charge < -0.3 is 0 Å². The molecule has 154 valence electrons. The predicted octanol–water partition coefficient (Wildman–Crippen LogP) is 2.38. The van der Waals surface area contributed by atoms with E-state index in [0.29, 0.717) is 18.7 Å². The lowest BCUT2D eigenvalue weighted by Crippen LogP contribution is -2.41. The average molecular weight is 419 g/mol. The number of sulfonamides is 1. The molecular formula is C20H22FN3O4S. The number of aryl methyl sites for hydroxylation is 1. The van der Waals surface area contributed by atoms with Crippen molar-refractivity contribution in [3.63, 3.8) is 0 Å². The molecule has 2 aromatic carbocycles. The molecule has 3 rings (SSSR count). The maximum Gasteiger partial charge on any atom is 0.269 e. The third-order valence-corrected chi connectivity index (χ3v) is 6.82. The minimum Gasteiger partial charge on any atom is -0.267 e. The molecule has 1 heterocycles. The van der Waals surface area contributed by atoms with Gasteiger partial charge in [-0.1, -0.05) is 12.5 Å². The van der Waals surface area contributed by atoms with Crippen LogP contribution < -0.4 is 10.9 Å². The number of rotatable bonds is 4. The van der Waals surface area contributed by atoms with Gasteiger partial charge in [0.15, 0.2) is 0 Å². The quantitative estimate of drug-likeness (QED) is 0.744. The maximum absolute atomic E-state index is 13.0. The fourth-order valence-corrected chi connectivity index (χ4v) is 4.89. The lowest BCUT2D eigenvalue weighted by Gasteiger charge is -2.26. The Hall–Kier alpha value is -2.78. The highest BCUT2D eigenvalue weighted by atomic mass is 32.2. The zero-order valence-corrected chi connectivity index (χ0v) is 16.8. The SMILES string of the molecule is Cc1ccc(C(=O)NNC(=O)c2ccc(F)cc2)cc1S(=O)(=O)N1CCCCC1. The standard InChI is InChI=1S/C20H22FN3O4S/c1-14-5-6-16(13-18(14)29(27,28)24-11-3-2-4-12-24)20(26)23-22-19(25)15-7-9-17(21)10-8-15/h5-10,13H,2-4,11-12H2,1H3,(H,22,25)(H,23,26). The summed E-state index contributed by atoms with van der Waals surface area (Å²) >= 11 is 0. The Balaban J connectivity index is 1.73. The number of carbonyl (C=O) groups excluding carboxylic acids is 2. The van der Waals surface area contributed by atoms with Gasteiger partial charge in [-0.05, 0) is 61.7 Å². The van der Waals surface area contributed by atoms with Crippen molar-refractivity contribution in [2.75, 3.05) is 13.1 Å². The Bertz CT molecular complexity index is 1020. The van der Waals surface area contributed by atoms with Gasteiger partial charge in [-0.2, -0.15) is 4.31 Å². The first kappa shape index (κ1) is 20.9. The minimum atomic E-state index is -3.70. The van der Waals surface area contributed by atoms with E-state index in [-0.39, 0.29) is 16.0 Å². The molecule has 1 saturated heterocycles. The van der Waals surface area contributed by atoms with Gasteiger partial charge in [0.1, 0.15) is 5.82 Å². The van der Waals surface area contributed by atoms with Crippen molar-refractivity contribution >= 4 is 21.8 Å². The molecule has 0 aromatic heterocycles. The van der Waals surface area contributed by atoms with Crippen LogP contribution in [0.15, 0.2) is 47.4 Å². The Morgan fingerprint density at radius 3 is 2.07 bits per heavy atom. The summed E-state index contributed by atoms with van der Waals surface area (Å²) in [6, 6.07) is 9.21. The van der Waals surface area contributed by atoms with E-state index in [0.717, 1.165) is 31.4 Å². The van der Waals surface area contributed by atoms with Crippen LogP contribution >= 0.6 is 0 Å². The van der Waals surface area contributed by atoms with Gasteiger partial charge in [0.2, 0.25) is 10.0 Å². The normalized spacial score (nSPS) is 15.0.